The predicted molar refractivity (Wildman–Crippen MR) is 35.7 cm³/mol. The summed E-state index contributed by atoms with van der Waals surface area (Å²) < 4.78 is 0. The molecule has 2 nitrogen and oxygen atoms in total. The fourth-order valence-electron chi connectivity index (χ4n) is 1.40. The maximum atomic E-state index is 10.7. The summed E-state index contributed by atoms with van der Waals surface area (Å²) in [6.45, 7) is 0. The van der Waals surface area contributed by atoms with Crippen molar-refractivity contribution in [1.29, 1.82) is 0 Å². The molecule has 2 rings (SSSR count). The minimum atomic E-state index is -0.0966. The van der Waals surface area contributed by atoms with Gasteiger partial charge in [-0.05, 0) is 30.7 Å². The smallest absolute Gasteiger partial charge is 0.859 e. The first-order valence-electron chi connectivity index (χ1n) is 3.52. The standard InChI is InChI=1S/C8H9NO.Rb/c10-8-5-4-6-2-1-3-7(6)9-8;/h4-5H,1-3H2,(H,9,10);/q;+1/p-1. The Bertz CT molecular complexity index is 262. The molecule has 1 aliphatic rings. The van der Waals surface area contributed by atoms with Crippen LogP contribution in [-0.4, -0.2) is 4.98 Å². The van der Waals surface area contributed by atoms with Crippen LogP contribution in [0.5, 0.6) is 5.88 Å². The van der Waals surface area contributed by atoms with Gasteiger partial charge in [0.1, 0.15) is 0 Å². The Balaban J connectivity index is 0.000000605. The Morgan fingerprint density at radius 2 is 2.09 bits per heavy atom. The maximum absolute atomic E-state index is 10.7. The van der Waals surface area contributed by atoms with Crippen LogP contribution in [-0.2, 0) is 12.8 Å². The van der Waals surface area contributed by atoms with Crippen molar-refractivity contribution in [2.45, 2.75) is 19.3 Å². The Kier molecular flexibility index (Phi) is 3.69. The third kappa shape index (κ3) is 2.11. The Hall–Kier alpha value is 0.755. The maximum Gasteiger partial charge on any atom is 1.00 e. The molecule has 0 saturated carbocycles. The Morgan fingerprint density at radius 1 is 1.27 bits per heavy atom. The average molecular weight is 220 g/mol. The molecule has 1 aliphatic carbocycles. The molecule has 11 heavy (non-hydrogen) atoms. The summed E-state index contributed by atoms with van der Waals surface area (Å²) in [7, 11) is 0. The summed E-state index contributed by atoms with van der Waals surface area (Å²) in [5.74, 6) is -0.0966. The third-order valence-corrected chi connectivity index (χ3v) is 1.90. The molecule has 0 radical (unpaired) electrons. The van der Waals surface area contributed by atoms with E-state index in [0.29, 0.717) is 0 Å². The minimum absolute atomic E-state index is 0. The molecule has 0 saturated heterocycles. The minimum Gasteiger partial charge on any atom is -0.859 e. The van der Waals surface area contributed by atoms with Gasteiger partial charge in [-0.15, -0.1) is 0 Å². The van der Waals surface area contributed by atoms with Gasteiger partial charge < -0.3 is 5.11 Å². The van der Waals surface area contributed by atoms with Crippen LogP contribution in [0.2, 0.25) is 0 Å². The quantitative estimate of drug-likeness (QED) is 0.490. The number of aromatic nitrogens is 1. The van der Waals surface area contributed by atoms with Gasteiger partial charge in [-0.2, -0.15) is 0 Å². The van der Waals surface area contributed by atoms with Gasteiger partial charge in [0.05, 0.1) is 0 Å². The number of rotatable bonds is 0. The average Bonchev–Trinajstić information content (AvgIpc) is 2.33. The molecule has 1 heterocycles. The van der Waals surface area contributed by atoms with Gasteiger partial charge in [0.15, 0.2) is 0 Å². The summed E-state index contributed by atoms with van der Waals surface area (Å²) in [5, 5.41) is 10.7. The van der Waals surface area contributed by atoms with Crippen LogP contribution >= 0.6 is 0 Å². The Labute approximate surface area is 115 Å². The molecule has 0 amide bonds. The summed E-state index contributed by atoms with van der Waals surface area (Å²) in [6, 6.07) is 3.45. The SMILES string of the molecule is [O-]c1ccc2c(n1)CCC2.[Rb+]. The normalized spacial score (nSPS) is 13.8. The van der Waals surface area contributed by atoms with Crippen molar-refractivity contribution >= 4 is 0 Å². The Morgan fingerprint density at radius 3 is 2.91 bits per heavy atom. The third-order valence-electron chi connectivity index (χ3n) is 1.90. The number of hydrogen-bond acceptors (Lipinski definition) is 2. The molecule has 0 unspecified atom stereocenters. The summed E-state index contributed by atoms with van der Waals surface area (Å²) in [5.41, 5.74) is 2.28. The molecular formula is C8H8NORb. The van der Waals surface area contributed by atoms with E-state index in [9.17, 15) is 5.11 Å². The topological polar surface area (TPSA) is 36.0 Å². The molecule has 3 heteroatoms. The monoisotopic (exact) mass is 219 g/mol. The van der Waals surface area contributed by atoms with Gasteiger partial charge in [0.25, 0.3) is 0 Å². The fraction of sp³-hybridized carbons (Fsp3) is 0.375. The predicted octanol–water partition coefficient (Wildman–Crippen LogP) is -2.35. The second kappa shape index (κ2) is 4.12. The van der Waals surface area contributed by atoms with E-state index in [-0.39, 0.29) is 64.1 Å². The van der Waals surface area contributed by atoms with Gasteiger partial charge in [-0.25, -0.2) is 0 Å². The van der Waals surface area contributed by atoms with E-state index < -0.39 is 0 Å². The molecule has 52 valence electrons. The van der Waals surface area contributed by atoms with Crippen molar-refractivity contribution < 1.29 is 63.3 Å². The molecule has 1 aromatic rings. The molecule has 0 spiro atoms. The van der Waals surface area contributed by atoms with E-state index in [1.807, 2.05) is 6.07 Å². The van der Waals surface area contributed by atoms with E-state index in [1.165, 1.54) is 5.56 Å². The van der Waals surface area contributed by atoms with Crippen LogP contribution < -0.4 is 63.3 Å². The van der Waals surface area contributed by atoms with Crippen LogP contribution in [0.25, 0.3) is 0 Å². The number of fused-ring (bicyclic) bond motifs is 1. The number of nitrogens with zero attached hydrogens (tertiary/aromatic N) is 1. The van der Waals surface area contributed by atoms with Crippen molar-refractivity contribution in [3.8, 4) is 5.88 Å². The van der Waals surface area contributed by atoms with E-state index in [4.69, 9.17) is 0 Å². The van der Waals surface area contributed by atoms with Gasteiger partial charge in [0, 0.05) is 5.69 Å². The van der Waals surface area contributed by atoms with Gasteiger partial charge in [-0.3, -0.25) is 4.98 Å². The number of aryl methyl sites for hydroxylation is 2. The summed E-state index contributed by atoms with van der Waals surface area (Å²) in [6.07, 6.45) is 3.25. The van der Waals surface area contributed by atoms with Crippen molar-refractivity contribution in [3.63, 3.8) is 0 Å². The van der Waals surface area contributed by atoms with E-state index >= 15 is 0 Å². The first-order valence-corrected chi connectivity index (χ1v) is 3.52. The molecule has 1 aromatic heterocycles. The molecule has 0 fully saturated rings. The summed E-state index contributed by atoms with van der Waals surface area (Å²) >= 11 is 0. The first kappa shape index (κ1) is 9.84. The van der Waals surface area contributed by atoms with Crippen molar-refractivity contribution in [3.05, 3.63) is 23.4 Å². The zero-order valence-corrected chi connectivity index (χ0v) is 11.5. The molecule has 0 N–H and O–H groups in total. The molecule has 0 bridgehead atoms. The summed E-state index contributed by atoms with van der Waals surface area (Å²) in [4.78, 5) is 3.90. The van der Waals surface area contributed by atoms with Gasteiger partial charge in [-0.1, -0.05) is 12.1 Å². The van der Waals surface area contributed by atoms with E-state index in [0.717, 1.165) is 25.0 Å². The van der Waals surface area contributed by atoms with E-state index in [2.05, 4.69) is 4.98 Å². The second-order valence-electron chi connectivity index (χ2n) is 2.61. The number of pyridine rings is 1. The van der Waals surface area contributed by atoms with Crippen LogP contribution in [0.1, 0.15) is 17.7 Å². The van der Waals surface area contributed by atoms with Crippen LogP contribution in [0.4, 0.5) is 0 Å². The zero-order chi connectivity index (χ0) is 6.97. The van der Waals surface area contributed by atoms with Crippen LogP contribution in [0.15, 0.2) is 12.1 Å². The van der Waals surface area contributed by atoms with Gasteiger partial charge >= 0.3 is 58.2 Å². The van der Waals surface area contributed by atoms with Crippen molar-refractivity contribution in [2.24, 2.45) is 0 Å². The molecular weight excluding hydrogens is 212 g/mol. The van der Waals surface area contributed by atoms with Crippen molar-refractivity contribution in [2.75, 3.05) is 0 Å². The molecule has 0 atom stereocenters. The second-order valence-corrected chi connectivity index (χ2v) is 2.61. The first-order chi connectivity index (χ1) is 4.86. The molecule has 0 aromatic carbocycles. The molecule has 0 aliphatic heterocycles. The zero-order valence-electron chi connectivity index (χ0n) is 6.63. The fourth-order valence-corrected chi connectivity index (χ4v) is 1.40. The number of hydrogen-bond donors (Lipinski definition) is 0. The van der Waals surface area contributed by atoms with Crippen LogP contribution in [0.3, 0.4) is 0 Å². The largest absolute Gasteiger partial charge is 1.00 e. The van der Waals surface area contributed by atoms with Crippen LogP contribution in [0, 0.1) is 0 Å². The van der Waals surface area contributed by atoms with E-state index in [1.54, 1.807) is 6.07 Å². The van der Waals surface area contributed by atoms with Gasteiger partial charge in [0.2, 0.25) is 0 Å². The van der Waals surface area contributed by atoms with Crippen molar-refractivity contribution in [1.82, 2.24) is 4.98 Å².